The van der Waals surface area contributed by atoms with E-state index in [2.05, 4.69) is 15.0 Å². The van der Waals surface area contributed by atoms with Crippen LogP contribution in [0.1, 0.15) is 12.1 Å². The summed E-state index contributed by atoms with van der Waals surface area (Å²) < 4.78 is 5.94. The van der Waals surface area contributed by atoms with Crippen LogP contribution in [0.25, 0.3) is 0 Å². The molecular formula is C7H11N3O3. The summed E-state index contributed by atoms with van der Waals surface area (Å²) in [5.41, 5.74) is 0.491. The molecule has 0 spiro atoms. The minimum Gasteiger partial charge on any atom is -0.469 e. The summed E-state index contributed by atoms with van der Waals surface area (Å²) in [5, 5.41) is 16.0. The first-order valence-corrected chi connectivity index (χ1v) is 3.83. The van der Waals surface area contributed by atoms with Gasteiger partial charge in [-0.15, -0.1) is 5.10 Å². The lowest BCUT2D eigenvalue weighted by Gasteiger charge is -1.97. The van der Waals surface area contributed by atoms with Gasteiger partial charge in [0.25, 0.3) is 0 Å². The van der Waals surface area contributed by atoms with Crippen molar-refractivity contribution in [3.8, 4) is 0 Å². The van der Waals surface area contributed by atoms with Crippen LogP contribution in [0.15, 0.2) is 6.20 Å². The zero-order valence-electron chi connectivity index (χ0n) is 7.30. The lowest BCUT2D eigenvalue weighted by Crippen LogP contribution is -2.07. The van der Waals surface area contributed by atoms with Crippen LogP contribution in [0.3, 0.4) is 0 Å². The molecule has 0 radical (unpaired) electrons. The first kappa shape index (κ1) is 9.66. The normalized spacial score (nSPS) is 10.0. The maximum absolute atomic E-state index is 10.7. The van der Waals surface area contributed by atoms with E-state index in [1.165, 1.54) is 11.8 Å². The molecule has 0 saturated heterocycles. The molecule has 1 N–H and O–H groups in total. The van der Waals surface area contributed by atoms with E-state index in [1.807, 2.05) is 0 Å². The topological polar surface area (TPSA) is 77.2 Å². The van der Waals surface area contributed by atoms with E-state index < -0.39 is 0 Å². The number of carbonyl (C=O) groups is 1. The molecule has 0 aliphatic heterocycles. The average Bonchev–Trinajstić information content (AvgIpc) is 2.61. The average molecular weight is 185 g/mol. The van der Waals surface area contributed by atoms with E-state index >= 15 is 0 Å². The third kappa shape index (κ3) is 2.83. The number of aliphatic hydroxyl groups is 1. The van der Waals surface area contributed by atoms with Crippen molar-refractivity contribution in [2.75, 3.05) is 7.11 Å². The van der Waals surface area contributed by atoms with Gasteiger partial charge in [0.15, 0.2) is 0 Å². The monoisotopic (exact) mass is 185 g/mol. The van der Waals surface area contributed by atoms with Crippen molar-refractivity contribution >= 4 is 5.97 Å². The molecule has 1 rings (SSSR count). The van der Waals surface area contributed by atoms with E-state index in [4.69, 9.17) is 5.11 Å². The third-order valence-corrected chi connectivity index (χ3v) is 1.52. The highest BCUT2D eigenvalue weighted by Gasteiger charge is 2.02. The number of hydrogen-bond acceptors (Lipinski definition) is 5. The summed E-state index contributed by atoms with van der Waals surface area (Å²) in [6, 6.07) is 0. The lowest BCUT2D eigenvalue weighted by atomic mass is 10.4. The quantitative estimate of drug-likeness (QED) is 0.630. The van der Waals surface area contributed by atoms with Crippen molar-refractivity contribution in [3.63, 3.8) is 0 Å². The number of aryl methyl sites for hydroxylation is 1. The zero-order valence-corrected chi connectivity index (χ0v) is 7.30. The number of methoxy groups -OCH3 is 1. The highest BCUT2D eigenvalue weighted by molar-refractivity contribution is 5.68. The van der Waals surface area contributed by atoms with Crippen LogP contribution < -0.4 is 0 Å². The molecule has 0 aliphatic carbocycles. The minimum absolute atomic E-state index is 0.141. The first-order chi connectivity index (χ1) is 6.26. The minimum atomic E-state index is -0.291. The van der Waals surface area contributed by atoms with Crippen molar-refractivity contribution in [2.24, 2.45) is 0 Å². The molecule has 13 heavy (non-hydrogen) atoms. The Balaban J connectivity index is 2.41. The van der Waals surface area contributed by atoms with Gasteiger partial charge in [-0.25, -0.2) is 0 Å². The Morgan fingerprint density at radius 3 is 3.08 bits per heavy atom. The molecule has 0 unspecified atom stereocenters. The number of carbonyl (C=O) groups excluding carboxylic acids is 1. The van der Waals surface area contributed by atoms with Gasteiger partial charge in [0, 0.05) is 0 Å². The molecule has 6 nitrogen and oxygen atoms in total. The molecule has 6 heteroatoms. The molecule has 1 aromatic heterocycles. The molecule has 0 amide bonds. The summed E-state index contributed by atoms with van der Waals surface area (Å²) in [6.45, 7) is 0.276. The highest BCUT2D eigenvalue weighted by atomic mass is 16.5. The number of esters is 1. The molecular weight excluding hydrogens is 174 g/mol. The van der Waals surface area contributed by atoms with Crippen LogP contribution in [0, 0.1) is 0 Å². The van der Waals surface area contributed by atoms with Crippen molar-refractivity contribution in [1.29, 1.82) is 0 Å². The molecule has 0 fully saturated rings. The predicted molar refractivity (Wildman–Crippen MR) is 42.6 cm³/mol. The lowest BCUT2D eigenvalue weighted by molar-refractivity contribution is -0.140. The Hall–Kier alpha value is -1.43. The summed E-state index contributed by atoms with van der Waals surface area (Å²) in [6.07, 6.45) is 1.84. The van der Waals surface area contributed by atoms with Gasteiger partial charge >= 0.3 is 5.97 Å². The number of nitrogens with zero attached hydrogens (tertiary/aromatic N) is 3. The smallest absolute Gasteiger partial charge is 0.307 e. The van der Waals surface area contributed by atoms with Gasteiger partial charge < -0.3 is 9.84 Å². The number of aromatic nitrogens is 3. The summed E-state index contributed by atoms with van der Waals surface area (Å²) in [4.78, 5) is 10.7. The summed E-state index contributed by atoms with van der Waals surface area (Å²) in [5.74, 6) is -0.291. The van der Waals surface area contributed by atoms with E-state index in [1.54, 1.807) is 6.20 Å². The SMILES string of the molecule is COC(=O)CCn1cc(CO)nn1. The van der Waals surface area contributed by atoms with Crippen LogP contribution in [-0.2, 0) is 22.7 Å². The van der Waals surface area contributed by atoms with Gasteiger partial charge in [-0.05, 0) is 0 Å². The fourth-order valence-electron chi connectivity index (χ4n) is 0.828. The number of rotatable bonds is 4. The fraction of sp³-hybridized carbons (Fsp3) is 0.571. The Bertz CT molecular complexity index is 284. The van der Waals surface area contributed by atoms with E-state index in [0.717, 1.165) is 0 Å². The van der Waals surface area contributed by atoms with Gasteiger partial charge in [-0.1, -0.05) is 5.21 Å². The van der Waals surface area contributed by atoms with Gasteiger partial charge in [0.2, 0.25) is 0 Å². The van der Waals surface area contributed by atoms with Crippen LogP contribution in [0.2, 0.25) is 0 Å². The molecule has 1 heterocycles. The van der Waals surface area contributed by atoms with Crippen LogP contribution >= 0.6 is 0 Å². The second-order valence-corrected chi connectivity index (χ2v) is 2.46. The van der Waals surface area contributed by atoms with Crippen LogP contribution in [0.4, 0.5) is 0 Å². The van der Waals surface area contributed by atoms with Gasteiger partial charge in [0.1, 0.15) is 5.69 Å². The van der Waals surface area contributed by atoms with Crippen molar-refractivity contribution in [2.45, 2.75) is 19.6 Å². The molecule has 0 aromatic carbocycles. The Morgan fingerprint density at radius 2 is 2.54 bits per heavy atom. The maximum Gasteiger partial charge on any atom is 0.307 e. The maximum atomic E-state index is 10.7. The largest absolute Gasteiger partial charge is 0.469 e. The zero-order chi connectivity index (χ0) is 9.68. The number of hydrogen-bond donors (Lipinski definition) is 1. The van der Waals surface area contributed by atoms with Gasteiger partial charge in [-0.2, -0.15) is 0 Å². The van der Waals surface area contributed by atoms with E-state index in [9.17, 15) is 4.79 Å². The summed E-state index contributed by atoms with van der Waals surface area (Å²) in [7, 11) is 1.34. The molecule has 0 saturated carbocycles. The first-order valence-electron chi connectivity index (χ1n) is 3.83. The second kappa shape index (κ2) is 4.56. The van der Waals surface area contributed by atoms with E-state index in [0.29, 0.717) is 12.2 Å². The molecule has 1 aromatic rings. The Labute approximate surface area is 75.1 Å². The third-order valence-electron chi connectivity index (χ3n) is 1.52. The van der Waals surface area contributed by atoms with Crippen molar-refractivity contribution in [1.82, 2.24) is 15.0 Å². The van der Waals surface area contributed by atoms with Gasteiger partial charge in [0.05, 0.1) is 32.9 Å². The molecule has 0 bridgehead atoms. The van der Waals surface area contributed by atoms with Crippen LogP contribution in [0.5, 0.6) is 0 Å². The second-order valence-electron chi connectivity index (χ2n) is 2.46. The van der Waals surface area contributed by atoms with E-state index in [-0.39, 0.29) is 19.0 Å². The standard InChI is InChI=1S/C7H11N3O3/c1-13-7(12)2-3-10-4-6(5-11)8-9-10/h4,11H,2-3,5H2,1H3. The molecule has 0 aliphatic rings. The Morgan fingerprint density at radius 1 is 1.77 bits per heavy atom. The van der Waals surface area contributed by atoms with Gasteiger partial charge in [-0.3, -0.25) is 9.48 Å². The van der Waals surface area contributed by atoms with Crippen molar-refractivity contribution in [3.05, 3.63) is 11.9 Å². The van der Waals surface area contributed by atoms with Crippen LogP contribution in [-0.4, -0.2) is 33.2 Å². The molecule has 0 atom stereocenters. The highest BCUT2D eigenvalue weighted by Crippen LogP contribution is 1.94. The molecule has 72 valence electrons. The number of ether oxygens (including phenoxy) is 1. The van der Waals surface area contributed by atoms with Crippen molar-refractivity contribution < 1.29 is 14.6 Å². The summed E-state index contributed by atoms with van der Waals surface area (Å²) >= 11 is 0. The Kier molecular flexibility index (Phi) is 3.39. The predicted octanol–water partition coefficient (Wildman–Crippen LogP) is -0.667. The number of aliphatic hydroxyl groups excluding tert-OH is 1. The fourth-order valence-corrected chi connectivity index (χ4v) is 0.828.